The SMILES string of the molecule is CC[C@H]1OC(=O)[C@H](C)[C@@H](O[C@@H]2C[C@@](C)(OC)[C@@H](O)[C@H](C)O2)[C@H](C)[C@@H](O[C@@H]2O[C@H](C)C[C@H](N(C)CCc3cn(C[C@H]4CN(c5ccc(C(C)(C)O)cc5)C(=O)O4)nn3)[C@H]2O)[C@](C)(O)C[C@@H](C)CN(C)[C@H](C)[C@@H](O)[C@]1(C)O. The predicted molar refractivity (Wildman–Crippen MR) is 276 cm³/mol. The number of esters is 1. The Labute approximate surface area is 443 Å². The van der Waals surface area contributed by atoms with E-state index in [9.17, 15) is 40.2 Å². The Balaban J connectivity index is 1.22. The van der Waals surface area contributed by atoms with E-state index in [0.29, 0.717) is 50.4 Å². The zero-order chi connectivity index (χ0) is 55.7. The molecule has 0 bridgehead atoms. The first-order chi connectivity index (χ1) is 34.9. The van der Waals surface area contributed by atoms with E-state index < -0.39 is 126 Å². The molecule has 0 aliphatic carbocycles. The molecule has 6 rings (SSSR count). The molecule has 21 nitrogen and oxygen atoms in total. The van der Waals surface area contributed by atoms with Gasteiger partial charge in [0.05, 0.1) is 65.9 Å². The van der Waals surface area contributed by atoms with Gasteiger partial charge in [0.1, 0.15) is 36.1 Å². The highest BCUT2D eigenvalue weighted by Gasteiger charge is 2.53. The normalized spacial score (nSPS) is 40.3. The van der Waals surface area contributed by atoms with Crippen LogP contribution >= 0.6 is 0 Å². The molecule has 5 heterocycles. The first-order valence-corrected chi connectivity index (χ1v) is 26.9. The Morgan fingerprint density at radius 2 is 1.59 bits per heavy atom. The Bertz CT molecular complexity index is 2180. The molecule has 4 saturated heterocycles. The predicted octanol–water partition coefficient (Wildman–Crippen LogP) is 3.36. The van der Waals surface area contributed by atoms with Crippen LogP contribution in [0.4, 0.5) is 10.5 Å². The minimum Gasteiger partial charge on any atom is -0.459 e. The third-order valence-electron chi connectivity index (χ3n) is 16.6. The quantitative estimate of drug-likeness (QED) is 0.148. The van der Waals surface area contributed by atoms with Crippen molar-refractivity contribution in [3.63, 3.8) is 0 Å². The lowest BCUT2D eigenvalue weighted by atomic mass is 9.77. The van der Waals surface area contributed by atoms with Gasteiger partial charge in [-0.2, -0.15) is 0 Å². The van der Waals surface area contributed by atoms with E-state index in [0.717, 1.165) is 5.56 Å². The highest BCUT2D eigenvalue weighted by Crippen LogP contribution is 2.40. The topological polar surface area (TPSA) is 261 Å². The molecule has 6 N–H and O–H groups in total. The van der Waals surface area contributed by atoms with Crippen LogP contribution in [-0.4, -0.2) is 205 Å². The van der Waals surface area contributed by atoms with Gasteiger partial charge in [-0.3, -0.25) is 9.69 Å². The second-order valence-electron chi connectivity index (χ2n) is 23.6. The van der Waals surface area contributed by atoms with Gasteiger partial charge in [-0.25, -0.2) is 9.48 Å². The minimum atomic E-state index is -1.85. The highest BCUT2D eigenvalue weighted by atomic mass is 16.7. The molecular formula is C54H90N6O15. The van der Waals surface area contributed by atoms with Gasteiger partial charge in [0.25, 0.3) is 0 Å². The van der Waals surface area contributed by atoms with Gasteiger partial charge in [-0.15, -0.1) is 5.10 Å². The van der Waals surface area contributed by atoms with Crippen molar-refractivity contribution in [3.8, 4) is 0 Å². The first kappa shape index (κ1) is 60.8. The molecule has 4 aliphatic rings. The number of nitrogens with zero attached hydrogens (tertiary/aromatic N) is 6. The molecule has 2 aromatic rings. The average Bonchev–Trinajstić information content (AvgIpc) is 3.96. The Morgan fingerprint density at radius 1 is 0.920 bits per heavy atom. The summed E-state index contributed by atoms with van der Waals surface area (Å²) in [5.41, 5.74) is -3.50. The van der Waals surface area contributed by atoms with Crippen LogP contribution in [-0.2, 0) is 56.5 Å². The van der Waals surface area contributed by atoms with Crippen molar-refractivity contribution in [2.24, 2.45) is 17.8 Å². The summed E-state index contributed by atoms with van der Waals surface area (Å²) in [5.74, 6) is -2.85. The van der Waals surface area contributed by atoms with Crippen LogP contribution in [0.25, 0.3) is 0 Å². The molecule has 0 spiro atoms. The molecule has 0 saturated carbocycles. The zero-order valence-corrected chi connectivity index (χ0v) is 47.0. The molecule has 4 fully saturated rings. The van der Waals surface area contributed by atoms with E-state index in [4.69, 9.17) is 33.2 Å². The number of likely N-dealkylation sites (N-methyl/N-ethyl adjacent to an activating group) is 2. The molecule has 1 aromatic heterocycles. The maximum atomic E-state index is 14.5. The second kappa shape index (κ2) is 24.3. The van der Waals surface area contributed by atoms with Gasteiger partial charge in [0, 0.05) is 62.9 Å². The van der Waals surface area contributed by atoms with Gasteiger partial charge in [-0.05, 0) is 119 Å². The molecule has 19 atom stereocenters. The molecule has 0 radical (unpaired) electrons. The van der Waals surface area contributed by atoms with Crippen molar-refractivity contribution in [1.82, 2.24) is 24.8 Å². The van der Waals surface area contributed by atoms with Crippen LogP contribution in [0.15, 0.2) is 30.5 Å². The Morgan fingerprint density at radius 3 is 2.21 bits per heavy atom. The maximum absolute atomic E-state index is 14.5. The zero-order valence-electron chi connectivity index (χ0n) is 47.0. The highest BCUT2D eigenvalue weighted by molar-refractivity contribution is 5.89. The van der Waals surface area contributed by atoms with Gasteiger partial charge in [-0.1, -0.05) is 38.1 Å². The Kier molecular flexibility index (Phi) is 19.7. The van der Waals surface area contributed by atoms with E-state index in [1.54, 1.807) is 96.2 Å². The third kappa shape index (κ3) is 14.1. The smallest absolute Gasteiger partial charge is 0.414 e. The van der Waals surface area contributed by atoms with E-state index in [1.165, 1.54) is 14.0 Å². The molecular weight excluding hydrogens is 973 g/mol. The molecule has 21 heteroatoms. The van der Waals surface area contributed by atoms with Crippen LogP contribution in [0.3, 0.4) is 0 Å². The summed E-state index contributed by atoms with van der Waals surface area (Å²) in [6.45, 7) is 22.3. The summed E-state index contributed by atoms with van der Waals surface area (Å²) >= 11 is 0. The summed E-state index contributed by atoms with van der Waals surface area (Å²) in [6, 6.07) is 6.10. The van der Waals surface area contributed by atoms with Crippen molar-refractivity contribution in [3.05, 3.63) is 41.7 Å². The van der Waals surface area contributed by atoms with Crippen molar-refractivity contribution in [2.45, 2.75) is 224 Å². The number of rotatable bonds is 14. The fourth-order valence-electron chi connectivity index (χ4n) is 11.7. The lowest BCUT2D eigenvalue weighted by Gasteiger charge is -2.49. The van der Waals surface area contributed by atoms with Crippen molar-refractivity contribution >= 4 is 17.7 Å². The fraction of sp³-hybridized carbons (Fsp3) is 0.815. The van der Waals surface area contributed by atoms with Crippen molar-refractivity contribution in [1.29, 1.82) is 0 Å². The largest absolute Gasteiger partial charge is 0.459 e. The van der Waals surface area contributed by atoms with Gasteiger partial charge in [0.2, 0.25) is 0 Å². The van der Waals surface area contributed by atoms with Gasteiger partial charge >= 0.3 is 12.1 Å². The molecule has 426 valence electrons. The average molecular weight is 1060 g/mol. The number of amides is 1. The number of aliphatic hydroxyl groups is 6. The van der Waals surface area contributed by atoms with Gasteiger partial charge in [0.15, 0.2) is 12.6 Å². The summed E-state index contributed by atoms with van der Waals surface area (Å²) < 4.78 is 45.6. The number of aliphatic hydroxyl groups excluding tert-OH is 3. The Hall–Kier alpha value is -3.42. The molecule has 1 aromatic carbocycles. The second-order valence-corrected chi connectivity index (χ2v) is 23.6. The number of benzene rings is 1. The monoisotopic (exact) mass is 1060 g/mol. The number of hydrogen-bond acceptors (Lipinski definition) is 19. The van der Waals surface area contributed by atoms with Crippen molar-refractivity contribution < 1.29 is 73.4 Å². The molecule has 75 heavy (non-hydrogen) atoms. The van der Waals surface area contributed by atoms with Crippen LogP contribution in [0, 0.1) is 17.8 Å². The van der Waals surface area contributed by atoms with E-state index in [1.807, 2.05) is 43.9 Å². The molecule has 1 amide bonds. The summed E-state index contributed by atoms with van der Waals surface area (Å²) in [7, 11) is 5.23. The van der Waals surface area contributed by atoms with Crippen LogP contribution in [0.2, 0.25) is 0 Å². The summed E-state index contributed by atoms with van der Waals surface area (Å²) in [5, 5.41) is 78.9. The minimum absolute atomic E-state index is 0.0875. The number of ether oxygens (including phenoxy) is 7. The van der Waals surface area contributed by atoms with Crippen LogP contribution in [0.5, 0.6) is 0 Å². The number of methoxy groups -OCH3 is 1. The van der Waals surface area contributed by atoms with Crippen LogP contribution < -0.4 is 4.90 Å². The van der Waals surface area contributed by atoms with Gasteiger partial charge < -0.3 is 73.6 Å². The number of hydrogen-bond donors (Lipinski definition) is 6. The maximum Gasteiger partial charge on any atom is 0.414 e. The lowest BCUT2D eigenvalue weighted by molar-refractivity contribution is -0.318. The summed E-state index contributed by atoms with van der Waals surface area (Å²) in [4.78, 5) is 32.9. The fourth-order valence-corrected chi connectivity index (χ4v) is 11.7. The number of aromatic nitrogens is 3. The van der Waals surface area contributed by atoms with E-state index in [-0.39, 0.29) is 25.2 Å². The van der Waals surface area contributed by atoms with E-state index >= 15 is 0 Å². The lowest BCUT2D eigenvalue weighted by Crippen LogP contribution is -2.61. The number of carbonyl (C=O) groups excluding carboxylic acids is 2. The third-order valence-corrected chi connectivity index (χ3v) is 16.6. The number of anilines is 1. The summed E-state index contributed by atoms with van der Waals surface area (Å²) in [6.07, 6.45) is -8.00. The van der Waals surface area contributed by atoms with E-state index in [2.05, 4.69) is 10.3 Å². The van der Waals surface area contributed by atoms with Crippen molar-refractivity contribution in [2.75, 3.05) is 45.7 Å². The standard InChI is InChI=1S/C54H90N6O15/c1-16-41-54(12,68)45(62)34(6)58(14)26-30(2)24-52(10,67)47(32(4)44(33(5)48(64)73-41)74-42-25-53(11,69-15)46(63)35(7)71-42)75-49-43(61)40(23-31(3)70-49)57(13)22-21-37-27-59(56-55-37)28-39-29-60(50(65)72-39)38-19-17-36(18-20-38)51(8,9)66/h17-20,27,30-35,39-47,49,61-63,66-68H,16,21-26,28-29H2,1-15H3/t30-,31-,32+,33-,34-,35+,39+,40+,41-,42-,43-,44+,45-,46+,47-,49+,52-,53-,54-/m1/s1. The molecule has 0 unspecified atom stereocenters. The first-order valence-electron chi connectivity index (χ1n) is 26.9. The molecule has 4 aliphatic heterocycles. The number of carbonyl (C=O) groups is 2. The van der Waals surface area contributed by atoms with Crippen LogP contribution in [0.1, 0.15) is 120 Å². The number of cyclic esters (lactones) is 2.